The van der Waals surface area contributed by atoms with Gasteiger partial charge in [-0.3, -0.25) is 0 Å². The summed E-state index contributed by atoms with van der Waals surface area (Å²) in [6, 6.07) is 8.55. The second-order valence-electron chi connectivity index (χ2n) is 5.12. The second-order valence-corrected chi connectivity index (χ2v) is 5.12. The Hall–Kier alpha value is -1.61. The average Bonchev–Trinajstić information content (AvgIpc) is 2.79. The molecule has 1 aromatic carbocycles. The molecular weight excluding hydrogens is 234 g/mol. The number of benzene rings is 1. The fraction of sp³-hybridized carbons (Fsp3) is 0.438. The van der Waals surface area contributed by atoms with Crippen LogP contribution in [0.3, 0.4) is 0 Å². The molecule has 1 aromatic heterocycles. The number of nitrogens with zero attached hydrogens (tertiary/aromatic N) is 1. The van der Waals surface area contributed by atoms with Gasteiger partial charge in [-0.25, -0.2) is 4.98 Å². The zero-order valence-corrected chi connectivity index (χ0v) is 12.2. The van der Waals surface area contributed by atoms with Crippen molar-refractivity contribution in [3.8, 4) is 11.3 Å². The lowest BCUT2D eigenvalue weighted by atomic mass is 10.1. The molecule has 0 spiro atoms. The van der Waals surface area contributed by atoms with Gasteiger partial charge in [-0.2, -0.15) is 0 Å². The zero-order chi connectivity index (χ0) is 13.8. The Balaban J connectivity index is 2.32. The lowest BCUT2D eigenvalue weighted by Crippen LogP contribution is -2.17. The summed E-state index contributed by atoms with van der Waals surface area (Å²) in [5.74, 6) is 1.54. The normalized spacial score (nSPS) is 12.6. The number of rotatable bonds is 5. The highest BCUT2D eigenvalue weighted by Crippen LogP contribution is 2.25. The van der Waals surface area contributed by atoms with Gasteiger partial charge in [0.25, 0.3) is 0 Å². The van der Waals surface area contributed by atoms with Gasteiger partial charge in [0.05, 0.1) is 5.69 Å². The Bertz CT molecular complexity index is 525. The van der Waals surface area contributed by atoms with Crippen molar-refractivity contribution in [2.45, 2.75) is 33.1 Å². The van der Waals surface area contributed by atoms with Crippen molar-refractivity contribution in [2.24, 2.45) is 0 Å². The first-order valence-corrected chi connectivity index (χ1v) is 6.93. The molecule has 3 nitrogen and oxygen atoms in total. The third-order valence-electron chi connectivity index (χ3n) is 3.56. The van der Waals surface area contributed by atoms with Gasteiger partial charge in [-0.05, 0) is 27.3 Å². The SMILES string of the molecule is CCC(CNC)c1nc(-c2ccc(C)cc2)c(C)[nH]1. The summed E-state index contributed by atoms with van der Waals surface area (Å²) in [6.45, 7) is 7.35. The zero-order valence-electron chi connectivity index (χ0n) is 12.2. The quantitative estimate of drug-likeness (QED) is 0.862. The van der Waals surface area contributed by atoms with Crippen LogP contribution in [0, 0.1) is 13.8 Å². The molecule has 0 aliphatic rings. The first kappa shape index (κ1) is 13.8. The fourth-order valence-electron chi connectivity index (χ4n) is 2.35. The highest BCUT2D eigenvalue weighted by atomic mass is 15.0. The Morgan fingerprint density at radius 3 is 2.47 bits per heavy atom. The smallest absolute Gasteiger partial charge is 0.111 e. The van der Waals surface area contributed by atoms with E-state index in [0.29, 0.717) is 5.92 Å². The van der Waals surface area contributed by atoms with Crippen molar-refractivity contribution in [1.82, 2.24) is 15.3 Å². The predicted molar refractivity (Wildman–Crippen MR) is 80.5 cm³/mol. The van der Waals surface area contributed by atoms with E-state index in [9.17, 15) is 0 Å². The van der Waals surface area contributed by atoms with Crippen molar-refractivity contribution >= 4 is 0 Å². The molecule has 0 amide bonds. The van der Waals surface area contributed by atoms with E-state index < -0.39 is 0 Å². The molecule has 0 fully saturated rings. The molecular formula is C16H23N3. The number of likely N-dealkylation sites (N-methyl/N-ethyl adjacent to an activating group) is 1. The van der Waals surface area contributed by atoms with Gasteiger partial charge in [0.1, 0.15) is 5.82 Å². The number of aromatic nitrogens is 2. The molecule has 3 heteroatoms. The van der Waals surface area contributed by atoms with Crippen LogP contribution < -0.4 is 5.32 Å². The molecule has 0 saturated carbocycles. The largest absolute Gasteiger partial charge is 0.345 e. The first-order chi connectivity index (χ1) is 9.15. The summed E-state index contributed by atoms with van der Waals surface area (Å²) in [5, 5.41) is 3.23. The number of hydrogen-bond acceptors (Lipinski definition) is 2. The Kier molecular flexibility index (Phi) is 4.38. The molecule has 2 aromatic rings. The van der Waals surface area contributed by atoms with Gasteiger partial charge in [0.15, 0.2) is 0 Å². The third-order valence-corrected chi connectivity index (χ3v) is 3.56. The number of aryl methyl sites for hydroxylation is 2. The van der Waals surface area contributed by atoms with E-state index in [4.69, 9.17) is 4.98 Å². The van der Waals surface area contributed by atoms with E-state index in [0.717, 1.165) is 30.2 Å². The van der Waals surface area contributed by atoms with Crippen LogP contribution in [-0.2, 0) is 0 Å². The van der Waals surface area contributed by atoms with Gasteiger partial charge in [-0.1, -0.05) is 36.8 Å². The maximum Gasteiger partial charge on any atom is 0.111 e. The third kappa shape index (κ3) is 3.04. The minimum atomic E-state index is 0.447. The summed E-state index contributed by atoms with van der Waals surface area (Å²) in [6.07, 6.45) is 1.08. The molecule has 0 saturated heterocycles. The van der Waals surface area contributed by atoms with Gasteiger partial charge < -0.3 is 10.3 Å². The van der Waals surface area contributed by atoms with Crippen molar-refractivity contribution in [3.63, 3.8) is 0 Å². The monoisotopic (exact) mass is 257 g/mol. The molecule has 1 heterocycles. The maximum absolute atomic E-state index is 4.80. The number of hydrogen-bond donors (Lipinski definition) is 2. The summed E-state index contributed by atoms with van der Waals surface area (Å²) >= 11 is 0. The van der Waals surface area contributed by atoms with E-state index in [1.807, 2.05) is 7.05 Å². The Morgan fingerprint density at radius 1 is 1.21 bits per heavy atom. The molecule has 0 bridgehead atoms. The molecule has 1 atom stereocenters. The molecule has 0 aliphatic carbocycles. The number of imidazole rings is 1. The Labute approximate surface area is 115 Å². The van der Waals surface area contributed by atoms with Gasteiger partial charge in [-0.15, -0.1) is 0 Å². The van der Waals surface area contributed by atoms with E-state index in [1.54, 1.807) is 0 Å². The van der Waals surface area contributed by atoms with Gasteiger partial charge in [0.2, 0.25) is 0 Å². The topological polar surface area (TPSA) is 40.7 Å². The Morgan fingerprint density at radius 2 is 1.89 bits per heavy atom. The van der Waals surface area contributed by atoms with E-state index >= 15 is 0 Å². The van der Waals surface area contributed by atoms with E-state index in [-0.39, 0.29) is 0 Å². The van der Waals surface area contributed by atoms with Crippen LogP contribution in [-0.4, -0.2) is 23.6 Å². The number of H-pyrrole nitrogens is 1. The van der Waals surface area contributed by atoms with Crippen LogP contribution in [0.25, 0.3) is 11.3 Å². The summed E-state index contributed by atoms with van der Waals surface area (Å²) in [7, 11) is 1.99. The fourth-order valence-corrected chi connectivity index (χ4v) is 2.35. The number of aromatic amines is 1. The molecule has 2 N–H and O–H groups in total. The summed E-state index contributed by atoms with van der Waals surface area (Å²) in [5.41, 5.74) is 4.68. The molecule has 0 radical (unpaired) electrons. The summed E-state index contributed by atoms with van der Waals surface area (Å²) in [4.78, 5) is 8.25. The lowest BCUT2D eigenvalue weighted by molar-refractivity contribution is 0.585. The minimum absolute atomic E-state index is 0.447. The molecule has 102 valence electrons. The number of nitrogens with one attached hydrogen (secondary N) is 2. The van der Waals surface area contributed by atoms with Gasteiger partial charge >= 0.3 is 0 Å². The minimum Gasteiger partial charge on any atom is -0.345 e. The predicted octanol–water partition coefficient (Wildman–Crippen LogP) is 3.41. The highest BCUT2D eigenvalue weighted by molar-refractivity contribution is 5.62. The van der Waals surface area contributed by atoms with E-state index in [2.05, 4.69) is 55.3 Å². The molecule has 0 aliphatic heterocycles. The average molecular weight is 257 g/mol. The van der Waals surface area contributed by atoms with Crippen LogP contribution in [0.1, 0.15) is 36.3 Å². The second kappa shape index (κ2) is 6.02. The van der Waals surface area contributed by atoms with Crippen LogP contribution in [0.2, 0.25) is 0 Å². The van der Waals surface area contributed by atoms with E-state index in [1.165, 1.54) is 11.1 Å². The van der Waals surface area contributed by atoms with Crippen molar-refractivity contribution < 1.29 is 0 Å². The van der Waals surface area contributed by atoms with Crippen LogP contribution >= 0.6 is 0 Å². The molecule has 2 rings (SSSR count). The van der Waals surface area contributed by atoms with Crippen molar-refractivity contribution in [1.29, 1.82) is 0 Å². The van der Waals surface area contributed by atoms with Crippen LogP contribution in [0.15, 0.2) is 24.3 Å². The van der Waals surface area contributed by atoms with Crippen molar-refractivity contribution in [2.75, 3.05) is 13.6 Å². The van der Waals surface area contributed by atoms with Gasteiger partial charge in [0, 0.05) is 23.7 Å². The standard InChI is InChI=1S/C16H23N3/c1-5-13(10-17-4)16-18-12(3)15(19-16)14-8-6-11(2)7-9-14/h6-9,13,17H,5,10H2,1-4H3,(H,18,19). The summed E-state index contributed by atoms with van der Waals surface area (Å²) < 4.78 is 0. The highest BCUT2D eigenvalue weighted by Gasteiger charge is 2.15. The van der Waals surface area contributed by atoms with Crippen LogP contribution in [0.4, 0.5) is 0 Å². The molecule has 1 unspecified atom stereocenters. The van der Waals surface area contributed by atoms with Crippen LogP contribution in [0.5, 0.6) is 0 Å². The molecule has 19 heavy (non-hydrogen) atoms. The van der Waals surface area contributed by atoms with Crippen molar-refractivity contribution in [3.05, 3.63) is 41.3 Å². The first-order valence-electron chi connectivity index (χ1n) is 6.93. The lowest BCUT2D eigenvalue weighted by Gasteiger charge is -2.10. The maximum atomic E-state index is 4.80.